The molecule has 0 atom stereocenters. The largest absolute Gasteiger partial charge is 0.505 e. The Morgan fingerprint density at radius 2 is 1.07 bits per heavy atom. The fourth-order valence-corrected chi connectivity index (χ4v) is 4.31. The first-order chi connectivity index (χ1) is 12.9. The molecule has 0 saturated heterocycles. The van der Waals surface area contributed by atoms with Gasteiger partial charge in [0.2, 0.25) is 0 Å². The molecule has 2 fully saturated rings. The second-order valence-corrected chi connectivity index (χ2v) is 8.05. The molecule has 1 aromatic carbocycles. The number of hydrogen-bond acceptors (Lipinski definition) is 1. The van der Waals surface area contributed by atoms with Crippen molar-refractivity contribution in [1.82, 2.24) is 0 Å². The van der Waals surface area contributed by atoms with Crippen molar-refractivity contribution in [3.05, 3.63) is 27.5 Å². The lowest BCUT2D eigenvalue weighted by molar-refractivity contribution is -0.297. The zero-order valence-corrected chi connectivity index (χ0v) is 15.5. The molecule has 2 saturated carbocycles. The van der Waals surface area contributed by atoms with E-state index in [2.05, 4.69) is 15.9 Å². The molecule has 0 aliphatic heterocycles. The number of hydrogen-bond donors (Lipinski definition) is 1. The highest BCUT2D eigenvalue weighted by molar-refractivity contribution is 9.10. The van der Waals surface area contributed by atoms with Gasteiger partial charge in [0.15, 0.2) is 11.6 Å². The fourth-order valence-electron chi connectivity index (χ4n) is 3.63. The molecule has 1 nitrogen and oxygen atoms in total. The highest BCUT2D eigenvalue weighted by atomic mass is 79.9. The van der Waals surface area contributed by atoms with Crippen LogP contribution in [0.3, 0.4) is 0 Å². The first-order valence-corrected chi connectivity index (χ1v) is 8.78. The number of rotatable bonds is 4. The minimum absolute atomic E-state index is 0.210. The first-order valence-electron chi connectivity index (χ1n) is 7.98. The van der Waals surface area contributed by atoms with Crippen LogP contribution in [0.2, 0.25) is 0 Å². The summed E-state index contributed by atoms with van der Waals surface area (Å²) >= 11 is 2.43. The second kappa shape index (κ2) is 5.91. The Kier molecular flexibility index (Phi) is 4.57. The van der Waals surface area contributed by atoms with Crippen LogP contribution >= 0.6 is 15.9 Å². The third-order valence-corrected chi connectivity index (χ3v) is 6.40. The highest BCUT2D eigenvalue weighted by Crippen LogP contribution is 2.68. The van der Waals surface area contributed by atoms with Crippen LogP contribution in [0, 0.1) is 5.82 Å². The van der Waals surface area contributed by atoms with Gasteiger partial charge in [-0.05, 0) is 53.2 Å². The molecule has 13 heteroatoms. The maximum absolute atomic E-state index is 14.4. The summed E-state index contributed by atoms with van der Waals surface area (Å²) < 4.78 is 147. The van der Waals surface area contributed by atoms with Gasteiger partial charge in [-0.15, -0.1) is 0 Å². The maximum Gasteiger partial charge on any atom is 0.454 e. The van der Waals surface area contributed by atoms with Gasteiger partial charge in [0, 0.05) is 5.56 Å². The van der Waals surface area contributed by atoms with Crippen molar-refractivity contribution in [3.8, 4) is 5.75 Å². The average Bonchev–Trinajstić information content (AvgIpc) is 3.43. The normalized spacial score (nSPS) is 21.2. The van der Waals surface area contributed by atoms with Gasteiger partial charge >= 0.3 is 24.2 Å². The summed E-state index contributed by atoms with van der Waals surface area (Å²) in [5, 5.41) is 9.84. The van der Waals surface area contributed by atoms with Gasteiger partial charge in [-0.3, -0.25) is 0 Å². The molecule has 0 heterocycles. The van der Waals surface area contributed by atoms with Crippen LogP contribution in [0.1, 0.15) is 36.8 Å². The lowest BCUT2D eigenvalue weighted by atomic mass is 9.81. The zero-order chi connectivity index (χ0) is 22.4. The molecule has 0 aromatic heterocycles. The van der Waals surface area contributed by atoms with Crippen molar-refractivity contribution in [3.63, 3.8) is 0 Å². The van der Waals surface area contributed by atoms with Crippen LogP contribution in [0.15, 0.2) is 10.5 Å². The second-order valence-electron chi connectivity index (χ2n) is 7.26. The van der Waals surface area contributed by atoms with Crippen LogP contribution in [0.5, 0.6) is 5.75 Å². The van der Waals surface area contributed by atoms with E-state index in [4.69, 9.17) is 0 Å². The Labute approximate surface area is 164 Å². The van der Waals surface area contributed by atoms with Gasteiger partial charge in [-0.1, -0.05) is 0 Å². The topological polar surface area (TPSA) is 20.2 Å². The van der Waals surface area contributed by atoms with Crippen molar-refractivity contribution >= 4 is 15.9 Å². The smallest absolute Gasteiger partial charge is 0.454 e. The summed E-state index contributed by atoms with van der Waals surface area (Å²) in [5.41, 5.74) is -8.67. The molecule has 0 spiro atoms. The van der Waals surface area contributed by atoms with E-state index in [-0.39, 0.29) is 6.07 Å². The molecule has 0 bridgehead atoms. The number of halogens is 12. The molecule has 29 heavy (non-hydrogen) atoms. The predicted octanol–water partition coefficient (Wildman–Crippen LogP) is 6.75. The minimum Gasteiger partial charge on any atom is -0.505 e. The predicted molar refractivity (Wildman–Crippen MR) is 79.6 cm³/mol. The van der Waals surface area contributed by atoms with Crippen LogP contribution in [0.25, 0.3) is 0 Å². The van der Waals surface area contributed by atoms with E-state index in [1.54, 1.807) is 0 Å². The van der Waals surface area contributed by atoms with E-state index >= 15 is 0 Å². The van der Waals surface area contributed by atoms with Crippen molar-refractivity contribution in [2.75, 3.05) is 0 Å². The molecule has 0 radical (unpaired) electrons. The summed E-state index contributed by atoms with van der Waals surface area (Å²) in [7, 11) is 0. The Morgan fingerprint density at radius 3 is 1.38 bits per heavy atom. The molecule has 164 valence electrons. The summed E-state index contributed by atoms with van der Waals surface area (Å²) in [5.74, 6) is -14.4. The van der Waals surface area contributed by atoms with Crippen LogP contribution < -0.4 is 0 Å². The van der Waals surface area contributed by atoms with E-state index in [0.717, 1.165) is 0 Å². The third-order valence-electron chi connectivity index (χ3n) is 5.63. The average molecular weight is 507 g/mol. The quantitative estimate of drug-likeness (QED) is 0.448. The molecule has 0 amide bonds. The van der Waals surface area contributed by atoms with Crippen LogP contribution in [-0.4, -0.2) is 29.3 Å². The molecule has 1 aromatic rings. The van der Waals surface area contributed by atoms with E-state index < -0.39 is 87.9 Å². The number of aromatic hydroxyl groups is 1. The van der Waals surface area contributed by atoms with Crippen molar-refractivity contribution in [2.45, 2.75) is 60.7 Å². The number of benzene rings is 1. The van der Waals surface area contributed by atoms with E-state index in [0.29, 0.717) is 0 Å². The summed E-state index contributed by atoms with van der Waals surface area (Å²) in [6.07, 6.45) is -15.6. The van der Waals surface area contributed by atoms with Gasteiger partial charge < -0.3 is 5.11 Å². The summed E-state index contributed by atoms with van der Waals surface area (Å²) in [6.45, 7) is 0. The monoisotopic (exact) mass is 506 g/mol. The lowest BCUT2D eigenvalue weighted by Gasteiger charge is -2.33. The third kappa shape index (κ3) is 2.78. The van der Waals surface area contributed by atoms with Gasteiger partial charge in [-0.2, -0.15) is 43.9 Å². The lowest BCUT2D eigenvalue weighted by Crippen LogP contribution is -2.48. The molecule has 0 unspecified atom stereocenters. The zero-order valence-electron chi connectivity index (χ0n) is 13.9. The van der Waals surface area contributed by atoms with Crippen molar-refractivity contribution in [2.24, 2.45) is 0 Å². The van der Waals surface area contributed by atoms with Crippen molar-refractivity contribution in [1.29, 1.82) is 0 Å². The SMILES string of the molecule is Oc1c(C2(C(F)(F)C(F)(F)F)CC2)cc(C2(C(F)(F)C(F)(F)F)CC2)c(Br)c1F. The van der Waals surface area contributed by atoms with Gasteiger partial charge in [0.05, 0.1) is 15.3 Å². The molecular formula is C16H10BrF11O. The minimum atomic E-state index is -6.12. The standard InChI is InChI=1S/C16H10BrF11O/c17-8-6(11(1-2-11)13(19,20)15(23,24)25)5-7(10(29)9(8)18)12(3-4-12)14(21,22)16(26,27)28/h5,29H,1-4H2. The Morgan fingerprint density at radius 1 is 0.724 bits per heavy atom. The van der Waals surface area contributed by atoms with Gasteiger partial charge in [0.1, 0.15) is 0 Å². The maximum atomic E-state index is 14.4. The molecule has 2 aliphatic carbocycles. The van der Waals surface area contributed by atoms with Crippen LogP contribution in [-0.2, 0) is 10.8 Å². The van der Waals surface area contributed by atoms with E-state index in [1.807, 2.05) is 0 Å². The van der Waals surface area contributed by atoms with Crippen molar-refractivity contribution < 1.29 is 53.4 Å². The molecule has 3 rings (SSSR count). The first kappa shape index (κ1) is 22.4. The Bertz CT molecular complexity index is 782. The Hall–Kier alpha value is -1.27. The number of phenolic OH excluding ortho intramolecular Hbond substituents is 1. The highest BCUT2D eigenvalue weighted by Gasteiger charge is 2.78. The van der Waals surface area contributed by atoms with E-state index in [9.17, 15) is 53.4 Å². The van der Waals surface area contributed by atoms with E-state index in [1.165, 1.54) is 0 Å². The molecular weight excluding hydrogens is 497 g/mol. The number of alkyl halides is 10. The Balaban J connectivity index is 2.24. The summed E-state index contributed by atoms with van der Waals surface area (Å²) in [6, 6.07) is 0.210. The van der Waals surface area contributed by atoms with Gasteiger partial charge in [0.25, 0.3) is 0 Å². The fraction of sp³-hybridized carbons (Fsp3) is 0.625. The molecule has 2 aliphatic rings. The number of phenols is 1. The summed E-state index contributed by atoms with van der Waals surface area (Å²) in [4.78, 5) is 0. The molecule has 1 N–H and O–H groups in total. The van der Waals surface area contributed by atoms with Gasteiger partial charge in [-0.25, -0.2) is 4.39 Å². The van der Waals surface area contributed by atoms with Crippen LogP contribution in [0.4, 0.5) is 48.3 Å².